The van der Waals surface area contributed by atoms with E-state index in [-0.39, 0.29) is 23.7 Å². The van der Waals surface area contributed by atoms with Gasteiger partial charge < -0.3 is 20.1 Å². The number of methoxy groups -OCH3 is 2. The molecule has 2 aliphatic heterocycles. The maximum atomic E-state index is 13.6. The zero-order chi connectivity index (χ0) is 28.1. The Kier molecular flexibility index (Phi) is 9.27. The number of benzene rings is 2. The van der Waals surface area contributed by atoms with E-state index in [1.807, 2.05) is 24.3 Å². The van der Waals surface area contributed by atoms with Crippen LogP contribution in [0.2, 0.25) is 0 Å². The molecule has 2 fully saturated rings. The number of likely N-dealkylation sites (N-methyl/N-ethyl adjacent to an activating group) is 1. The number of likely N-dealkylation sites (tertiary alicyclic amines) is 2. The molecule has 3 aliphatic rings. The highest BCUT2D eigenvalue weighted by Crippen LogP contribution is 2.31. The van der Waals surface area contributed by atoms with Crippen LogP contribution in [0, 0.1) is 11.8 Å². The van der Waals surface area contributed by atoms with Gasteiger partial charge in [0.1, 0.15) is 0 Å². The molecular formula is C32H44N4O4. The average molecular weight is 549 g/mol. The summed E-state index contributed by atoms with van der Waals surface area (Å²) in [5, 5.41) is 6.41. The van der Waals surface area contributed by atoms with E-state index in [2.05, 4.69) is 39.5 Å². The normalized spacial score (nSPS) is 23.0. The van der Waals surface area contributed by atoms with E-state index in [1.165, 1.54) is 24.0 Å². The van der Waals surface area contributed by atoms with Crippen LogP contribution in [0.4, 0.5) is 5.69 Å². The highest BCUT2D eigenvalue weighted by molar-refractivity contribution is 5.93. The summed E-state index contributed by atoms with van der Waals surface area (Å²) in [6, 6.07) is 12.6. The Labute approximate surface area is 238 Å². The number of carbonyl (C=O) groups excluding carboxylic acids is 2. The van der Waals surface area contributed by atoms with Gasteiger partial charge in [-0.1, -0.05) is 19.1 Å². The number of carbonyl (C=O) groups is 2. The van der Waals surface area contributed by atoms with Gasteiger partial charge in [-0.15, -0.1) is 0 Å². The predicted octanol–water partition coefficient (Wildman–Crippen LogP) is 3.87. The van der Waals surface area contributed by atoms with Crippen LogP contribution < -0.4 is 20.1 Å². The predicted molar refractivity (Wildman–Crippen MR) is 157 cm³/mol. The lowest BCUT2D eigenvalue weighted by molar-refractivity contribution is -0.130. The minimum absolute atomic E-state index is 0.0132. The van der Waals surface area contributed by atoms with Crippen molar-refractivity contribution in [3.63, 3.8) is 0 Å². The Morgan fingerprint density at radius 2 is 1.70 bits per heavy atom. The lowest BCUT2D eigenvalue weighted by Crippen LogP contribution is -2.50. The molecule has 2 aromatic rings. The standard InChI is InChI=1S/C32H44N4O4/c1-4-36-14-6-9-28(36)18-33-31(37)25-16-26(32(38)34-27-12-11-23-7-5-8-24(23)17-27)21-35(20-25)19-22-10-13-29(39-2)30(15-22)40-3/h10-13,15,17,25-26,28H,4-9,14,16,18-21H2,1-3H3,(H,33,37)(H,34,38)/t25-,26+,28?/m0/s1. The van der Waals surface area contributed by atoms with Crippen molar-refractivity contribution in [1.29, 1.82) is 0 Å². The van der Waals surface area contributed by atoms with E-state index in [4.69, 9.17) is 9.47 Å². The van der Waals surface area contributed by atoms with Crippen LogP contribution in [-0.4, -0.2) is 74.6 Å². The van der Waals surface area contributed by atoms with Crippen molar-refractivity contribution in [2.45, 2.75) is 58.0 Å². The first-order valence-corrected chi connectivity index (χ1v) is 14.8. The molecule has 0 spiro atoms. The molecule has 1 aliphatic carbocycles. The van der Waals surface area contributed by atoms with Gasteiger partial charge in [0.2, 0.25) is 11.8 Å². The molecule has 8 nitrogen and oxygen atoms in total. The molecule has 2 amide bonds. The van der Waals surface area contributed by atoms with Crippen molar-refractivity contribution in [3.05, 3.63) is 53.1 Å². The van der Waals surface area contributed by atoms with Crippen LogP contribution in [0.3, 0.4) is 0 Å². The van der Waals surface area contributed by atoms with Crippen LogP contribution in [0.1, 0.15) is 49.3 Å². The number of piperidine rings is 1. The first-order valence-electron chi connectivity index (χ1n) is 14.8. The Hall–Kier alpha value is -3.10. The van der Waals surface area contributed by atoms with Gasteiger partial charge in [-0.05, 0) is 92.6 Å². The number of hydrogen-bond acceptors (Lipinski definition) is 6. The van der Waals surface area contributed by atoms with E-state index in [9.17, 15) is 9.59 Å². The van der Waals surface area contributed by atoms with E-state index in [0.717, 1.165) is 43.6 Å². The number of ether oxygens (including phenoxy) is 2. The molecule has 0 radical (unpaired) electrons. The fourth-order valence-electron chi connectivity index (χ4n) is 6.74. The van der Waals surface area contributed by atoms with Gasteiger partial charge in [0.05, 0.1) is 26.1 Å². The third-order valence-electron chi connectivity index (χ3n) is 8.91. The summed E-state index contributed by atoms with van der Waals surface area (Å²) in [6.07, 6.45) is 6.21. The SMILES string of the molecule is CCN1CCCC1CNC(=O)[C@H]1C[C@@H](C(=O)Nc2ccc3c(c2)CCC3)CN(Cc2ccc(OC)c(OC)c2)C1. The van der Waals surface area contributed by atoms with E-state index < -0.39 is 0 Å². The maximum Gasteiger partial charge on any atom is 0.228 e. The number of nitrogens with zero attached hydrogens (tertiary/aromatic N) is 2. The van der Waals surface area contributed by atoms with Gasteiger partial charge in [-0.25, -0.2) is 0 Å². The average Bonchev–Trinajstić information content (AvgIpc) is 3.64. The van der Waals surface area contributed by atoms with E-state index in [0.29, 0.717) is 50.1 Å². The van der Waals surface area contributed by atoms with Crippen LogP contribution in [0.25, 0.3) is 0 Å². The molecular weight excluding hydrogens is 504 g/mol. The van der Waals surface area contributed by atoms with Gasteiger partial charge in [-0.2, -0.15) is 0 Å². The highest BCUT2D eigenvalue weighted by Gasteiger charge is 2.36. The van der Waals surface area contributed by atoms with Crippen LogP contribution in [-0.2, 0) is 29.0 Å². The lowest BCUT2D eigenvalue weighted by Gasteiger charge is -2.37. The fourth-order valence-corrected chi connectivity index (χ4v) is 6.74. The zero-order valence-corrected chi connectivity index (χ0v) is 24.2. The van der Waals surface area contributed by atoms with Crippen LogP contribution in [0.15, 0.2) is 36.4 Å². The van der Waals surface area contributed by atoms with E-state index >= 15 is 0 Å². The van der Waals surface area contributed by atoms with Crippen LogP contribution >= 0.6 is 0 Å². The van der Waals surface area contributed by atoms with Crippen molar-refractivity contribution in [3.8, 4) is 11.5 Å². The van der Waals surface area contributed by atoms with Crippen molar-refractivity contribution in [2.24, 2.45) is 11.8 Å². The number of rotatable bonds is 10. The minimum Gasteiger partial charge on any atom is -0.493 e. The van der Waals surface area contributed by atoms with E-state index in [1.54, 1.807) is 14.2 Å². The number of amides is 2. The summed E-state index contributed by atoms with van der Waals surface area (Å²) < 4.78 is 10.9. The summed E-state index contributed by atoms with van der Waals surface area (Å²) >= 11 is 0. The van der Waals surface area contributed by atoms with Gasteiger partial charge >= 0.3 is 0 Å². The molecule has 0 aromatic heterocycles. The summed E-state index contributed by atoms with van der Waals surface area (Å²) in [5.41, 5.74) is 4.63. The van der Waals surface area contributed by atoms with Crippen molar-refractivity contribution in [2.75, 3.05) is 52.3 Å². The molecule has 40 heavy (non-hydrogen) atoms. The van der Waals surface area contributed by atoms with Crippen molar-refractivity contribution in [1.82, 2.24) is 15.1 Å². The second kappa shape index (κ2) is 13.0. The monoisotopic (exact) mass is 548 g/mol. The smallest absolute Gasteiger partial charge is 0.228 e. The van der Waals surface area contributed by atoms with Gasteiger partial charge in [0.15, 0.2) is 11.5 Å². The number of aryl methyl sites for hydroxylation is 2. The third kappa shape index (κ3) is 6.61. The number of anilines is 1. The second-order valence-electron chi connectivity index (χ2n) is 11.5. The van der Waals surface area contributed by atoms with Gasteiger partial charge in [0, 0.05) is 37.9 Å². The largest absolute Gasteiger partial charge is 0.493 e. The summed E-state index contributed by atoms with van der Waals surface area (Å²) in [4.78, 5) is 31.7. The lowest BCUT2D eigenvalue weighted by atomic mass is 9.87. The number of hydrogen-bond donors (Lipinski definition) is 2. The van der Waals surface area contributed by atoms with Gasteiger partial charge in [0.25, 0.3) is 0 Å². The first-order chi connectivity index (χ1) is 19.5. The Morgan fingerprint density at radius 3 is 2.48 bits per heavy atom. The minimum atomic E-state index is -0.281. The Balaban J connectivity index is 1.29. The van der Waals surface area contributed by atoms with Crippen molar-refractivity contribution >= 4 is 17.5 Å². The molecule has 5 rings (SSSR count). The molecule has 1 unspecified atom stereocenters. The first kappa shape index (κ1) is 28.4. The quantitative estimate of drug-likeness (QED) is 0.469. The van der Waals surface area contributed by atoms with Crippen molar-refractivity contribution < 1.29 is 19.1 Å². The molecule has 2 heterocycles. The molecule has 2 N–H and O–H groups in total. The number of fused-ring (bicyclic) bond motifs is 1. The Morgan fingerprint density at radius 1 is 0.925 bits per heavy atom. The van der Waals surface area contributed by atoms with Crippen LogP contribution in [0.5, 0.6) is 11.5 Å². The zero-order valence-electron chi connectivity index (χ0n) is 24.2. The highest BCUT2D eigenvalue weighted by atomic mass is 16.5. The third-order valence-corrected chi connectivity index (χ3v) is 8.91. The topological polar surface area (TPSA) is 83.1 Å². The fraction of sp³-hybridized carbons (Fsp3) is 0.562. The summed E-state index contributed by atoms with van der Waals surface area (Å²) in [6.45, 7) is 6.80. The summed E-state index contributed by atoms with van der Waals surface area (Å²) in [7, 11) is 3.26. The molecule has 2 saturated heterocycles. The van der Waals surface area contributed by atoms with Gasteiger partial charge in [-0.3, -0.25) is 19.4 Å². The molecule has 2 aromatic carbocycles. The molecule has 8 heteroatoms. The second-order valence-corrected chi connectivity index (χ2v) is 11.5. The Bertz CT molecular complexity index is 1200. The molecule has 216 valence electrons. The number of nitrogens with one attached hydrogen (secondary N) is 2. The maximum absolute atomic E-state index is 13.6. The molecule has 3 atom stereocenters. The molecule has 0 bridgehead atoms. The molecule has 0 saturated carbocycles. The summed E-state index contributed by atoms with van der Waals surface area (Å²) in [5.74, 6) is 0.865.